The summed E-state index contributed by atoms with van der Waals surface area (Å²) in [6.07, 6.45) is 5.61. The molecule has 8 heteroatoms. The van der Waals surface area contributed by atoms with Crippen molar-refractivity contribution in [2.45, 2.75) is 26.9 Å². The fourth-order valence-corrected chi connectivity index (χ4v) is 5.09. The van der Waals surface area contributed by atoms with Crippen molar-refractivity contribution in [3.63, 3.8) is 0 Å². The van der Waals surface area contributed by atoms with Crippen LogP contribution in [-0.2, 0) is 17.9 Å². The van der Waals surface area contributed by atoms with E-state index in [-0.39, 0.29) is 5.91 Å². The number of carbonyl (C=O) groups is 1. The number of aromatic nitrogens is 3. The summed E-state index contributed by atoms with van der Waals surface area (Å²) in [5, 5.41) is 10.9. The molecule has 1 saturated heterocycles. The van der Waals surface area contributed by atoms with Crippen LogP contribution in [0.25, 0.3) is 16.6 Å². The van der Waals surface area contributed by atoms with Gasteiger partial charge < -0.3 is 9.42 Å². The lowest BCUT2D eigenvalue weighted by atomic mass is 10.1. The summed E-state index contributed by atoms with van der Waals surface area (Å²) >= 11 is 1.65. The Morgan fingerprint density at radius 2 is 1.86 bits per heavy atom. The van der Waals surface area contributed by atoms with E-state index in [0.29, 0.717) is 19.6 Å². The molecule has 3 aromatic heterocycles. The average molecular weight is 488 g/mol. The molecule has 0 atom stereocenters. The first-order chi connectivity index (χ1) is 17.1. The minimum Gasteiger partial charge on any atom is -0.361 e. The summed E-state index contributed by atoms with van der Waals surface area (Å²) in [5.41, 5.74) is 5.14. The molecule has 1 aliphatic rings. The Morgan fingerprint density at radius 1 is 1.06 bits per heavy atom. The Balaban J connectivity index is 1.25. The van der Waals surface area contributed by atoms with Crippen molar-refractivity contribution in [3.05, 3.63) is 88.3 Å². The zero-order chi connectivity index (χ0) is 24.2. The third-order valence-corrected chi connectivity index (χ3v) is 7.26. The van der Waals surface area contributed by atoms with Crippen molar-refractivity contribution in [2.24, 2.45) is 0 Å². The van der Waals surface area contributed by atoms with Crippen LogP contribution in [0.2, 0.25) is 0 Å². The number of carbonyl (C=O) groups excluding carboxylic acids is 1. The second-order valence-electron chi connectivity index (χ2n) is 8.83. The van der Waals surface area contributed by atoms with Crippen LogP contribution >= 0.6 is 11.3 Å². The number of nitrogens with zero attached hydrogens (tertiary/aromatic N) is 5. The predicted molar refractivity (Wildman–Crippen MR) is 138 cm³/mol. The fourth-order valence-electron chi connectivity index (χ4n) is 4.36. The smallest absolute Gasteiger partial charge is 0.246 e. The molecule has 35 heavy (non-hydrogen) atoms. The molecule has 0 saturated carbocycles. The lowest BCUT2D eigenvalue weighted by Gasteiger charge is -2.34. The molecular weight excluding hydrogens is 458 g/mol. The van der Waals surface area contributed by atoms with Crippen molar-refractivity contribution in [3.8, 4) is 10.6 Å². The summed E-state index contributed by atoms with van der Waals surface area (Å²) in [6, 6.07) is 14.4. The van der Waals surface area contributed by atoms with Crippen molar-refractivity contribution in [1.29, 1.82) is 0 Å². The molecule has 4 aromatic rings. The highest BCUT2D eigenvalue weighted by Crippen LogP contribution is 2.28. The van der Waals surface area contributed by atoms with Crippen LogP contribution in [0.5, 0.6) is 0 Å². The van der Waals surface area contributed by atoms with E-state index < -0.39 is 0 Å². The maximum Gasteiger partial charge on any atom is 0.246 e. The third kappa shape index (κ3) is 5.44. The van der Waals surface area contributed by atoms with E-state index >= 15 is 0 Å². The Bertz CT molecular complexity index is 1280. The summed E-state index contributed by atoms with van der Waals surface area (Å²) in [5.74, 6) is 0.910. The molecule has 7 nitrogen and oxygen atoms in total. The Morgan fingerprint density at radius 3 is 2.54 bits per heavy atom. The first kappa shape index (κ1) is 23.3. The van der Waals surface area contributed by atoms with Crippen LogP contribution in [0.3, 0.4) is 0 Å². The number of thiophene rings is 1. The summed E-state index contributed by atoms with van der Waals surface area (Å²) in [7, 11) is 0. The van der Waals surface area contributed by atoms with E-state index in [0.717, 1.165) is 52.8 Å². The maximum absolute atomic E-state index is 13.0. The van der Waals surface area contributed by atoms with Gasteiger partial charge in [-0.25, -0.2) is 0 Å². The van der Waals surface area contributed by atoms with Gasteiger partial charge in [0.25, 0.3) is 0 Å². The summed E-state index contributed by atoms with van der Waals surface area (Å²) in [4.78, 5) is 18.3. The Kier molecular flexibility index (Phi) is 6.92. The lowest BCUT2D eigenvalue weighted by molar-refractivity contribution is -0.127. The van der Waals surface area contributed by atoms with Crippen molar-refractivity contribution in [1.82, 2.24) is 24.7 Å². The number of amides is 1. The minimum absolute atomic E-state index is 0.0370. The number of hydrogen-bond donors (Lipinski definition) is 0. The topological polar surface area (TPSA) is 67.4 Å². The number of rotatable bonds is 7. The number of benzene rings is 1. The summed E-state index contributed by atoms with van der Waals surface area (Å²) in [6.45, 7) is 8.50. The SMILES string of the molecule is Cc1noc(C)c1CN1CCN(C(=O)C=Cc2cn(Cc3ccccc3)nc2-c2cccs2)CC1. The number of hydrogen-bond acceptors (Lipinski definition) is 6. The zero-order valence-electron chi connectivity index (χ0n) is 20.1. The molecule has 0 radical (unpaired) electrons. The fraction of sp³-hybridized carbons (Fsp3) is 0.296. The van der Waals surface area contributed by atoms with Gasteiger partial charge in [-0.2, -0.15) is 5.10 Å². The first-order valence-corrected chi connectivity index (χ1v) is 12.7. The molecular formula is C27H29N5O2S. The lowest BCUT2D eigenvalue weighted by Crippen LogP contribution is -2.47. The Labute approximate surface area is 209 Å². The van der Waals surface area contributed by atoms with Crippen LogP contribution in [0.1, 0.15) is 28.1 Å². The molecule has 1 amide bonds. The Hall–Kier alpha value is -3.49. The van der Waals surface area contributed by atoms with Gasteiger partial charge in [0.2, 0.25) is 5.91 Å². The average Bonchev–Trinajstić information content (AvgIpc) is 3.61. The van der Waals surface area contributed by atoms with Crippen LogP contribution in [-0.4, -0.2) is 56.8 Å². The predicted octanol–water partition coefficient (Wildman–Crippen LogP) is 4.62. The molecule has 0 unspecified atom stereocenters. The van der Waals surface area contributed by atoms with Crippen molar-refractivity contribution >= 4 is 23.3 Å². The molecule has 0 bridgehead atoms. The van der Waals surface area contributed by atoms with Gasteiger partial charge in [-0.15, -0.1) is 11.3 Å². The monoisotopic (exact) mass is 487 g/mol. The van der Waals surface area contributed by atoms with Gasteiger partial charge in [0.1, 0.15) is 11.5 Å². The molecule has 1 aliphatic heterocycles. The van der Waals surface area contributed by atoms with E-state index in [4.69, 9.17) is 9.62 Å². The molecule has 1 fully saturated rings. The van der Waals surface area contributed by atoms with E-state index in [2.05, 4.69) is 28.3 Å². The van der Waals surface area contributed by atoms with E-state index in [1.165, 1.54) is 5.56 Å². The van der Waals surface area contributed by atoms with Gasteiger partial charge in [0.15, 0.2) is 0 Å². The second kappa shape index (κ2) is 10.4. The zero-order valence-corrected chi connectivity index (χ0v) is 20.9. The van der Waals surface area contributed by atoms with Crippen LogP contribution in [0.4, 0.5) is 0 Å². The third-order valence-electron chi connectivity index (χ3n) is 6.38. The van der Waals surface area contributed by atoms with Crippen LogP contribution in [0.15, 0.2) is 64.6 Å². The quantitative estimate of drug-likeness (QED) is 0.356. The molecule has 180 valence electrons. The van der Waals surface area contributed by atoms with Gasteiger partial charge in [0, 0.05) is 56.1 Å². The normalized spacial score (nSPS) is 14.7. The highest BCUT2D eigenvalue weighted by atomic mass is 32.1. The van der Waals surface area contributed by atoms with Crippen LogP contribution < -0.4 is 0 Å². The first-order valence-electron chi connectivity index (χ1n) is 11.8. The van der Waals surface area contributed by atoms with E-state index in [1.54, 1.807) is 17.4 Å². The van der Waals surface area contributed by atoms with Crippen LogP contribution in [0, 0.1) is 13.8 Å². The van der Waals surface area contributed by atoms with Gasteiger partial charge in [-0.05, 0) is 36.9 Å². The molecule has 1 aromatic carbocycles. The molecule has 5 rings (SSSR count). The second-order valence-corrected chi connectivity index (χ2v) is 9.78. The molecule has 4 heterocycles. The van der Waals surface area contributed by atoms with Gasteiger partial charge in [-0.3, -0.25) is 14.4 Å². The number of piperazine rings is 1. The van der Waals surface area contributed by atoms with Gasteiger partial charge in [-0.1, -0.05) is 41.6 Å². The summed E-state index contributed by atoms with van der Waals surface area (Å²) < 4.78 is 7.23. The van der Waals surface area contributed by atoms with Crippen molar-refractivity contribution in [2.75, 3.05) is 26.2 Å². The molecule has 0 aliphatic carbocycles. The standard InChI is InChI=1S/C27H29N5O2S/c1-20-24(21(2)34-29-20)19-30-12-14-31(15-13-30)26(33)11-10-23-18-32(17-22-7-4-3-5-8-22)28-27(23)25-9-6-16-35-25/h3-11,16,18H,12-15,17,19H2,1-2H3. The van der Waals surface area contributed by atoms with E-state index in [9.17, 15) is 4.79 Å². The van der Waals surface area contributed by atoms with Gasteiger partial charge in [0.05, 0.1) is 17.1 Å². The van der Waals surface area contributed by atoms with E-state index in [1.807, 2.05) is 65.3 Å². The van der Waals surface area contributed by atoms with Gasteiger partial charge >= 0.3 is 0 Å². The van der Waals surface area contributed by atoms with Crippen molar-refractivity contribution < 1.29 is 9.32 Å². The maximum atomic E-state index is 13.0. The largest absolute Gasteiger partial charge is 0.361 e. The molecule has 0 N–H and O–H groups in total. The number of aryl methyl sites for hydroxylation is 2. The highest BCUT2D eigenvalue weighted by molar-refractivity contribution is 7.13. The molecule has 0 spiro atoms. The minimum atomic E-state index is 0.0370. The highest BCUT2D eigenvalue weighted by Gasteiger charge is 2.22.